The Balaban J connectivity index is 2.42. The highest BCUT2D eigenvalue weighted by Gasteiger charge is 2.53. The van der Waals surface area contributed by atoms with Crippen LogP contribution in [0, 0.1) is 5.41 Å². The number of carbonyl (C=O) groups is 3. The van der Waals surface area contributed by atoms with E-state index in [1.54, 1.807) is 0 Å². The number of nitrogens with zero attached hydrogens (tertiary/aromatic N) is 1. The lowest BCUT2D eigenvalue weighted by molar-refractivity contribution is -0.154. The van der Waals surface area contributed by atoms with E-state index in [-0.39, 0.29) is 18.2 Å². The van der Waals surface area contributed by atoms with Gasteiger partial charge < -0.3 is 15.0 Å². The zero-order valence-electron chi connectivity index (χ0n) is 17.0. The predicted molar refractivity (Wildman–Crippen MR) is 103 cm³/mol. The summed E-state index contributed by atoms with van der Waals surface area (Å²) in [4.78, 5) is 39.9. The standard InChI is InChI=1S/C21H30N2O4/c1-20(2,3)22-18(25)17-21(4,5)13-16(24)23(17)15(19(26)27-6)12-14-10-8-7-9-11-14/h7-11,15,17H,12-13H2,1-6H3,(H,22,25)/t15-,17-/m0/s1. The second-order valence-electron chi connectivity index (χ2n) is 8.84. The maximum atomic E-state index is 13.0. The fourth-order valence-electron chi connectivity index (χ4n) is 3.64. The van der Waals surface area contributed by atoms with Crippen LogP contribution in [0.15, 0.2) is 30.3 Å². The molecule has 6 heteroatoms. The van der Waals surface area contributed by atoms with Gasteiger partial charge in [0, 0.05) is 23.8 Å². The molecule has 2 rings (SSSR count). The van der Waals surface area contributed by atoms with Crippen molar-refractivity contribution in [2.75, 3.05) is 7.11 Å². The quantitative estimate of drug-likeness (QED) is 0.803. The highest BCUT2D eigenvalue weighted by molar-refractivity contribution is 5.95. The minimum Gasteiger partial charge on any atom is -0.467 e. The van der Waals surface area contributed by atoms with Crippen LogP contribution in [0.5, 0.6) is 0 Å². The number of amides is 2. The molecule has 27 heavy (non-hydrogen) atoms. The van der Waals surface area contributed by atoms with Gasteiger partial charge in [0.05, 0.1) is 7.11 Å². The summed E-state index contributed by atoms with van der Waals surface area (Å²) < 4.78 is 4.98. The Hall–Kier alpha value is -2.37. The molecule has 1 fully saturated rings. The second kappa shape index (κ2) is 7.71. The summed E-state index contributed by atoms with van der Waals surface area (Å²) >= 11 is 0. The average Bonchev–Trinajstić information content (AvgIpc) is 2.79. The van der Waals surface area contributed by atoms with Crippen LogP contribution >= 0.6 is 0 Å². The molecule has 0 unspecified atom stereocenters. The van der Waals surface area contributed by atoms with Crippen molar-refractivity contribution < 1.29 is 19.1 Å². The molecule has 6 nitrogen and oxygen atoms in total. The molecule has 0 radical (unpaired) electrons. The Kier molecular flexibility index (Phi) is 5.97. The Labute approximate surface area is 161 Å². The number of rotatable bonds is 5. The SMILES string of the molecule is COC(=O)[C@H](Cc1ccccc1)N1C(=O)CC(C)(C)[C@@H]1C(=O)NC(C)(C)C. The molecule has 1 heterocycles. The first kappa shape index (κ1) is 20.9. The number of hydrogen-bond donors (Lipinski definition) is 1. The number of nitrogens with one attached hydrogen (secondary N) is 1. The maximum absolute atomic E-state index is 13.0. The molecule has 0 aromatic heterocycles. The number of esters is 1. The summed E-state index contributed by atoms with van der Waals surface area (Å²) in [6.07, 6.45) is 0.506. The normalized spacial score (nSPS) is 20.3. The van der Waals surface area contributed by atoms with Crippen LogP contribution in [0.2, 0.25) is 0 Å². The molecule has 1 N–H and O–H groups in total. The minimum atomic E-state index is -0.845. The molecule has 0 spiro atoms. The van der Waals surface area contributed by atoms with Gasteiger partial charge >= 0.3 is 5.97 Å². The average molecular weight is 374 g/mol. The zero-order valence-corrected chi connectivity index (χ0v) is 17.0. The summed E-state index contributed by atoms with van der Waals surface area (Å²) in [7, 11) is 1.30. The molecular weight excluding hydrogens is 344 g/mol. The predicted octanol–water partition coefficient (Wildman–Crippen LogP) is 2.31. The van der Waals surface area contributed by atoms with Crippen LogP contribution in [0.3, 0.4) is 0 Å². The molecule has 0 bridgehead atoms. The molecule has 1 saturated heterocycles. The minimum absolute atomic E-state index is 0.206. The van der Waals surface area contributed by atoms with E-state index in [0.717, 1.165) is 5.56 Å². The fourth-order valence-corrected chi connectivity index (χ4v) is 3.64. The number of ether oxygens (including phenoxy) is 1. The summed E-state index contributed by atoms with van der Waals surface area (Å²) in [5.41, 5.74) is -0.125. The third-order valence-corrected chi connectivity index (χ3v) is 4.74. The monoisotopic (exact) mass is 374 g/mol. The number of methoxy groups -OCH3 is 1. The Morgan fingerprint density at radius 2 is 1.85 bits per heavy atom. The van der Waals surface area contributed by atoms with Crippen LogP contribution in [0.1, 0.15) is 46.6 Å². The van der Waals surface area contributed by atoms with Gasteiger partial charge in [-0.1, -0.05) is 44.2 Å². The molecule has 2 amide bonds. The number of carbonyl (C=O) groups excluding carboxylic acids is 3. The van der Waals surface area contributed by atoms with Crippen molar-refractivity contribution in [2.45, 2.75) is 65.1 Å². The zero-order chi connectivity index (χ0) is 20.4. The van der Waals surface area contributed by atoms with E-state index >= 15 is 0 Å². The van der Waals surface area contributed by atoms with Gasteiger partial charge in [-0.2, -0.15) is 0 Å². The van der Waals surface area contributed by atoms with Crippen molar-refractivity contribution in [1.82, 2.24) is 10.2 Å². The van der Waals surface area contributed by atoms with Crippen LogP contribution in [-0.4, -0.2) is 47.4 Å². The molecule has 1 aromatic rings. The molecule has 148 valence electrons. The third kappa shape index (κ3) is 4.87. The van der Waals surface area contributed by atoms with Gasteiger partial charge in [0.2, 0.25) is 11.8 Å². The van der Waals surface area contributed by atoms with E-state index in [2.05, 4.69) is 5.32 Å². The summed E-state index contributed by atoms with van der Waals surface area (Å²) in [5, 5.41) is 2.96. The molecule has 1 aliphatic heterocycles. The van der Waals surface area contributed by atoms with Gasteiger partial charge in [-0.05, 0) is 26.3 Å². The van der Waals surface area contributed by atoms with Crippen molar-refractivity contribution in [1.29, 1.82) is 0 Å². The molecule has 0 aliphatic carbocycles. The topological polar surface area (TPSA) is 75.7 Å². The van der Waals surface area contributed by atoms with Crippen LogP contribution < -0.4 is 5.32 Å². The molecule has 0 saturated carbocycles. The number of benzene rings is 1. The van der Waals surface area contributed by atoms with E-state index in [1.165, 1.54) is 12.0 Å². The lowest BCUT2D eigenvalue weighted by Gasteiger charge is -2.37. The van der Waals surface area contributed by atoms with Gasteiger partial charge in [-0.15, -0.1) is 0 Å². The summed E-state index contributed by atoms with van der Waals surface area (Å²) in [6.45, 7) is 9.44. The van der Waals surface area contributed by atoms with E-state index < -0.39 is 29.0 Å². The number of likely N-dealkylation sites (tertiary alicyclic amines) is 1. The van der Waals surface area contributed by atoms with Gasteiger partial charge in [-0.25, -0.2) is 4.79 Å². The largest absolute Gasteiger partial charge is 0.467 e. The Morgan fingerprint density at radius 3 is 2.37 bits per heavy atom. The first-order valence-corrected chi connectivity index (χ1v) is 9.21. The molecule has 1 aromatic carbocycles. The lowest BCUT2D eigenvalue weighted by atomic mass is 9.83. The number of hydrogen-bond acceptors (Lipinski definition) is 4. The lowest BCUT2D eigenvalue weighted by Crippen LogP contribution is -2.58. The van der Waals surface area contributed by atoms with E-state index in [4.69, 9.17) is 4.74 Å². The molecular formula is C21H30N2O4. The van der Waals surface area contributed by atoms with Crippen molar-refractivity contribution in [3.63, 3.8) is 0 Å². The third-order valence-electron chi connectivity index (χ3n) is 4.74. The second-order valence-corrected chi connectivity index (χ2v) is 8.84. The molecule has 2 atom stereocenters. The smallest absolute Gasteiger partial charge is 0.328 e. The summed E-state index contributed by atoms with van der Waals surface area (Å²) in [5.74, 6) is -0.973. The van der Waals surface area contributed by atoms with Crippen molar-refractivity contribution >= 4 is 17.8 Å². The van der Waals surface area contributed by atoms with E-state index in [0.29, 0.717) is 6.42 Å². The Bertz CT molecular complexity index is 707. The van der Waals surface area contributed by atoms with Crippen LogP contribution in [-0.2, 0) is 25.5 Å². The van der Waals surface area contributed by atoms with Gasteiger partial charge in [0.25, 0.3) is 0 Å². The van der Waals surface area contributed by atoms with Crippen LogP contribution in [0.4, 0.5) is 0 Å². The van der Waals surface area contributed by atoms with Gasteiger partial charge in [0.15, 0.2) is 0 Å². The highest BCUT2D eigenvalue weighted by atomic mass is 16.5. The fraction of sp³-hybridized carbons (Fsp3) is 0.571. The van der Waals surface area contributed by atoms with Gasteiger partial charge in [0.1, 0.15) is 12.1 Å². The first-order chi connectivity index (χ1) is 12.5. The van der Waals surface area contributed by atoms with Crippen molar-refractivity contribution in [2.24, 2.45) is 5.41 Å². The summed E-state index contributed by atoms with van der Waals surface area (Å²) in [6, 6.07) is 7.85. The van der Waals surface area contributed by atoms with Crippen molar-refractivity contribution in [3.8, 4) is 0 Å². The van der Waals surface area contributed by atoms with E-state index in [9.17, 15) is 14.4 Å². The maximum Gasteiger partial charge on any atom is 0.328 e. The van der Waals surface area contributed by atoms with Crippen molar-refractivity contribution in [3.05, 3.63) is 35.9 Å². The van der Waals surface area contributed by atoms with Gasteiger partial charge in [-0.3, -0.25) is 9.59 Å². The highest BCUT2D eigenvalue weighted by Crippen LogP contribution is 2.39. The first-order valence-electron chi connectivity index (χ1n) is 9.21. The van der Waals surface area contributed by atoms with E-state index in [1.807, 2.05) is 65.0 Å². The Morgan fingerprint density at radius 1 is 1.26 bits per heavy atom. The molecule has 1 aliphatic rings. The van der Waals surface area contributed by atoms with Crippen LogP contribution in [0.25, 0.3) is 0 Å².